The van der Waals surface area contributed by atoms with Crippen molar-refractivity contribution in [1.29, 1.82) is 0 Å². The third kappa shape index (κ3) is 3.32. The smallest absolute Gasteiger partial charge is 0.319 e. The van der Waals surface area contributed by atoms with E-state index < -0.39 is 0 Å². The molecule has 0 fully saturated rings. The number of rotatable bonds is 4. The van der Waals surface area contributed by atoms with Gasteiger partial charge in [-0.2, -0.15) is 0 Å². The Kier molecular flexibility index (Phi) is 4.18. The van der Waals surface area contributed by atoms with Gasteiger partial charge >= 0.3 is 6.03 Å². The summed E-state index contributed by atoms with van der Waals surface area (Å²) in [6, 6.07) is 14.6. The second-order valence-electron chi connectivity index (χ2n) is 5.94. The molecular formula is C19H18N4O3. The summed E-state index contributed by atoms with van der Waals surface area (Å²) in [5.41, 5.74) is 2.58. The van der Waals surface area contributed by atoms with E-state index in [1.165, 1.54) is 0 Å². The highest BCUT2D eigenvalue weighted by Crippen LogP contribution is 2.34. The molecule has 0 saturated carbocycles. The van der Waals surface area contributed by atoms with E-state index in [1.807, 2.05) is 37.3 Å². The predicted octanol–water partition coefficient (Wildman–Crippen LogP) is 3.69. The van der Waals surface area contributed by atoms with Crippen molar-refractivity contribution in [3.8, 4) is 22.8 Å². The van der Waals surface area contributed by atoms with Gasteiger partial charge in [-0.3, -0.25) is 0 Å². The van der Waals surface area contributed by atoms with E-state index in [1.54, 1.807) is 24.4 Å². The summed E-state index contributed by atoms with van der Waals surface area (Å²) in [7, 11) is 0. The van der Waals surface area contributed by atoms with E-state index in [2.05, 4.69) is 20.6 Å². The summed E-state index contributed by atoms with van der Waals surface area (Å²) in [4.78, 5) is 19.8. The number of benzene rings is 2. The Labute approximate surface area is 150 Å². The Bertz CT molecular complexity index is 924. The SMILES string of the molecule is C[C@@H](NC(=O)Nc1ccc2c(c1)OCO2)c1ncc(-c2ccccc2)[nH]1. The second kappa shape index (κ2) is 6.79. The zero-order chi connectivity index (χ0) is 17.9. The molecule has 1 aliphatic heterocycles. The van der Waals surface area contributed by atoms with Crippen LogP contribution in [0.5, 0.6) is 11.5 Å². The molecule has 0 unspecified atom stereocenters. The number of nitrogens with one attached hydrogen (secondary N) is 3. The van der Waals surface area contributed by atoms with Crippen LogP contribution in [-0.4, -0.2) is 22.8 Å². The van der Waals surface area contributed by atoms with Crippen molar-refractivity contribution in [2.45, 2.75) is 13.0 Å². The van der Waals surface area contributed by atoms with Crippen LogP contribution in [0.1, 0.15) is 18.8 Å². The Morgan fingerprint density at radius 1 is 1.15 bits per heavy atom. The fourth-order valence-corrected chi connectivity index (χ4v) is 2.73. The minimum atomic E-state index is -0.325. The van der Waals surface area contributed by atoms with Crippen molar-refractivity contribution >= 4 is 11.7 Å². The molecule has 132 valence electrons. The maximum absolute atomic E-state index is 12.2. The maximum atomic E-state index is 12.2. The number of anilines is 1. The molecule has 3 aromatic rings. The highest BCUT2D eigenvalue weighted by Gasteiger charge is 2.16. The van der Waals surface area contributed by atoms with Crippen LogP contribution in [0.15, 0.2) is 54.7 Å². The summed E-state index contributed by atoms with van der Waals surface area (Å²) in [5, 5.41) is 5.64. The number of urea groups is 1. The largest absolute Gasteiger partial charge is 0.454 e. The number of carbonyl (C=O) groups excluding carboxylic acids is 1. The van der Waals surface area contributed by atoms with Crippen molar-refractivity contribution < 1.29 is 14.3 Å². The van der Waals surface area contributed by atoms with Gasteiger partial charge in [-0.05, 0) is 24.6 Å². The molecule has 1 aliphatic rings. The number of carbonyl (C=O) groups is 1. The van der Waals surface area contributed by atoms with E-state index >= 15 is 0 Å². The number of amides is 2. The van der Waals surface area contributed by atoms with Crippen LogP contribution in [0.25, 0.3) is 11.3 Å². The zero-order valence-electron chi connectivity index (χ0n) is 14.2. The Morgan fingerprint density at radius 3 is 2.81 bits per heavy atom. The standard InChI is InChI=1S/C19H18N4O3/c1-12(18-20-10-15(23-18)13-5-3-2-4-6-13)21-19(24)22-14-7-8-16-17(9-14)26-11-25-16/h2-10,12H,11H2,1H3,(H,20,23)(H2,21,22,24)/t12-/m1/s1. The molecule has 26 heavy (non-hydrogen) atoms. The first-order valence-corrected chi connectivity index (χ1v) is 8.26. The van der Waals surface area contributed by atoms with E-state index in [0.29, 0.717) is 23.0 Å². The van der Waals surface area contributed by atoms with Crippen LogP contribution < -0.4 is 20.1 Å². The first-order valence-electron chi connectivity index (χ1n) is 8.26. The van der Waals surface area contributed by atoms with Crippen LogP contribution in [0, 0.1) is 0 Å². The first-order chi connectivity index (χ1) is 12.7. The van der Waals surface area contributed by atoms with E-state index in [0.717, 1.165) is 11.3 Å². The monoisotopic (exact) mass is 350 g/mol. The number of imidazole rings is 1. The van der Waals surface area contributed by atoms with Crippen LogP contribution in [0.2, 0.25) is 0 Å². The lowest BCUT2D eigenvalue weighted by atomic mass is 10.2. The number of nitrogens with zero attached hydrogens (tertiary/aromatic N) is 1. The van der Waals surface area contributed by atoms with Crippen LogP contribution in [0.3, 0.4) is 0 Å². The summed E-state index contributed by atoms with van der Waals surface area (Å²) < 4.78 is 10.6. The van der Waals surface area contributed by atoms with Crippen molar-refractivity contribution in [1.82, 2.24) is 15.3 Å². The molecule has 3 N–H and O–H groups in total. The predicted molar refractivity (Wildman–Crippen MR) is 97.2 cm³/mol. The summed E-state index contributed by atoms with van der Waals surface area (Å²) in [6.45, 7) is 2.07. The van der Waals surface area contributed by atoms with E-state index in [9.17, 15) is 4.79 Å². The number of fused-ring (bicyclic) bond motifs is 1. The lowest BCUT2D eigenvalue weighted by Crippen LogP contribution is -2.31. The van der Waals surface area contributed by atoms with Gasteiger partial charge in [-0.25, -0.2) is 9.78 Å². The van der Waals surface area contributed by atoms with Crippen molar-refractivity contribution in [2.24, 2.45) is 0 Å². The number of aromatic amines is 1. The third-order valence-corrected chi connectivity index (χ3v) is 4.07. The van der Waals surface area contributed by atoms with Gasteiger partial charge in [0.05, 0.1) is 17.9 Å². The van der Waals surface area contributed by atoms with Crippen molar-refractivity contribution in [2.75, 3.05) is 12.1 Å². The molecule has 0 radical (unpaired) electrons. The minimum absolute atomic E-state index is 0.199. The maximum Gasteiger partial charge on any atom is 0.319 e. The van der Waals surface area contributed by atoms with Crippen molar-refractivity contribution in [3.63, 3.8) is 0 Å². The lowest BCUT2D eigenvalue weighted by molar-refractivity contribution is 0.174. The topological polar surface area (TPSA) is 88.3 Å². The zero-order valence-corrected chi connectivity index (χ0v) is 14.2. The Morgan fingerprint density at radius 2 is 1.96 bits per heavy atom. The molecule has 7 nitrogen and oxygen atoms in total. The molecule has 1 atom stereocenters. The Hall–Kier alpha value is -3.48. The van der Waals surface area contributed by atoms with Gasteiger partial charge < -0.3 is 25.1 Å². The summed E-state index contributed by atoms with van der Waals surface area (Å²) in [6.07, 6.45) is 1.76. The third-order valence-electron chi connectivity index (χ3n) is 4.07. The molecule has 0 saturated heterocycles. The lowest BCUT2D eigenvalue weighted by Gasteiger charge is -2.13. The number of hydrogen-bond acceptors (Lipinski definition) is 4. The Balaban J connectivity index is 1.39. The van der Waals surface area contributed by atoms with Gasteiger partial charge in [-0.1, -0.05) is 30.3 Å². The second-order valence-corrected chi connectivity index (χ2v) is 5.94. The normalized spacial score (nSPS) is 13.3. The fourth-order valence-electron chi connectivity index (χ4n) is 2.73. The molecule has 0 spiro atoms. The first kappa shape index (κ1) is 16.0. The number of aromatic nitrogens is 2. The average molecular weight is 350 g/mol. The highest BCUT2D eigenvalue weighted by molar-refractivity contribution is 5.89. The molecule has 7 heteroatoms. The van der Waals surface area contributed by atoms with Gasteiger partial charge in [0, 0.05) is 11.8 Å². The van der Waals surface area contributed by atoms with Gasteiger partial charge in [0.2, 0.25) is 6.79 Å². The number of hydrogen-bond donors (Lipinski definition) is 3. The molecule has 2 heterocycles. The molecule has 4 rings (SSSR count). The molecule has 2 aromatic carbocycles. The van der Waals surface area contributed by atoms with Gasteiger partial charge in [-0.15, -0.1) is 0 Å². The van der Waals surface area contributed by atoms with Crippen LogP contribution in [0.4, 0.5) is 10.5 Å². The number of ether oxygens (including phenoxy) is 2. The molecular weight excluding hydrogens is 332 g/mol. The molecule has 0 aliphatic carbocycles. The quantitative estimate of drug-likeness (QED) is 0.670. The van der Waals surface area contributed by atoms with E-state index in [-0.39, 0.29) is 18.9 Å². The molecule has 2 amide bonds. The van der Waals surface area contributed by atoms with Gasteiger partial charge in [0.15, 0.2) is 11.5 Å². The van der Waals surface area contributed by atoms with E-state index in [4.69, 9.17) is 9.47 Å². The van der Waals surface area contributed by atoms with Crippen LogP contribution in [-0.2, 0) is 0 Å². The fraction of sp³-hybridized carbons (Fsp3) is 0.158. The molecule has 0 bridgehead atoms. The van der Waals surface area contributed by atoms with Crippen LogP contribution >= 0.6 is 0 Å². The summed E-state index contributed by atoms with van der Waals surface area (Å²) in [5.74, 6) is 1.98. The minimum Gasteiger partial charge on any atom is -0.454 e. The highest BCUT2D eigenvalue weighted by atomic mass is 16.7. The average Bonchev–Trinajstić information content (AvgIpc) is 3.31. The van der Waals surface area contributed by atoms with Gasteiger partial charge in [0.25, 0.3) is 0 Å². The molecule has 1 aromatic heterocycles. The van der Waals surface area contributed by atoms with Gasteiger partial charge in [0.1, 0.15) is 5.82 Å². The number of H-pyrrole nitrogens is 1. The van der Waals surface area contributed by atoms with Crippen molar-refractivity contribution in [3.05, 3.63) is 60.6 Å². The summed E-state index contributed by atoms with van der Waals surface area (Å²) >= 11 is 0.